The monoisotopic (exact) mass is 372 g/mol. The van der Waals surface area contributed by atoms with E-state index < -0.39 is 0 Å². The van der Waals surface area contributed by atoms with E-state index in [0.717, 1.165) is 32.1 Å². The maximum atomic E-state index is 13.0. The van der Waals surface area contributed by atoms with Gasteiger partial charge in [-0.3, -0.25) is 9.69 Å². The third-order valence-corrected chi connectivity index (χ3v) is 6.97. The molecule has 1 N–H and O–H groups in total. The van der Waals surface area contributed by atoms with Gasteiger partial charge < -0.3 is 14.8 Å². The highest BCUT2D eigenvalue weighted by molar-refractivity contribution is 5.82. The molecule has 1 aromatic carbocycles. The van der Waals surface area contributed by atoms with Crippen molar-refractivity contribution in [3.05, 3.63) is 29.8 Å². The third kappa shape index (κ3) is 3.72. The Labute approximate surface area is 162 Å². The summed E-state index contributed by atoms with van der Waals surface area (Å²) in [6.07, 6.45) is 5.14. The number of nitrogens with one attached hydrogen (secondary N) is 1. The highest BCUT2D eigenvalue weighted by Crippen LogP contribution is 2.54. The third-order valence-electron chi connectivity index (χ3n) is 6.97. The summed E-state index contributed by atoms with van der Waals surface area (Å²) in [5.41, 5.74) is 1.34. The Hall–Kier alpha value is -1.59. The highest BCUT2D eigenvalue weighted by Gasteiger charge is 2.52. The van der Waals surface area contributed by atoms with Crippen LogP contribution in [0.5, 0.6) is 5.75 Å². The molecule has 1 amide bonds. The number of hydrogen-bond donors (Lipinski definition) is 1. The molecule has 2 saturated carbocycles. The van der Waals surface area contributed by atoms with Gasteiger partial charge in [0.15, 0.2) is 0 Å². The fourth-order valence-corrected chi connectivity index (χ4v) is 5.36. The fourth-order valence-electron chi connectivity index (χ4n) is 5.36. The number of fused-ring (bicyclic) bond motifs is 1. The van der Waals surface area contributed by atoms with E-state index >= 15 is 0 Å². The second kappa shape index (κ2) is 8.19. The van der Waals surface area contributed by atoms with Crippen molar-refractivity contribution in [2.75, 3.05) is 33.4 Å². The standard InChI is InChI=1S/C22H32N2O3/c1-15(24-11-13-27-14-12-24)22(25)23-21-19-6-4-3-5-18(19)20(21)16-7-9-17(26-2)10-8-16/h7-10,15,18-21H,3-6,11-14H2,1-2H3,(H,23,25)/t15-,18+,19-,20-,21-/m0/s1. The second-order valence-corrected chi connectivity index (χ2v) is 8.27. The predicted molar refractivity (Wildman–Crippen MR) is 105 cm³/mol. The first kappa shape index (κ1) is 18.8. The van der Waals surface area contributed by atoms with Crippen molar-refractivity contribution >= 4 is 5.91 Å². The van der Waals surface area contributed by atoms with E-state index in [0.29, 0.717) is 17.8 Å². The second-order valence-electron chi connectivity index (χ2n) is 8.27. The number of carbonyl (C=O) groups is 1. The predicted octanol–water partition coefficient (Wildman–Crippen LogP) is 2.80. The molecule has 148 valence electrons. The number of hydrogen-bond acceptors (Lipinski definition) is 4. The normalized spacial score (nSPS) is 32.1. The summed E-state index contributed by atoms with van der Waals surface area (Å²) < 4.78 is 10.7. The molecule has 0 unspecified atom stereocenters. The van der Waals surface area contributed by atoms with E-state index in [1.165, 1.54) is 31.2 Å². The van der Waals surface area contributed by atoms with E-state index in [1.54, 1.807) is 7.11 Å². The first-order chi connectivity index (χ1) is 13.2. The fraction of sp³-hybridized carbons (Fsp3) is 0.682. The van der Waals surface area contributed by atoms with Crippen LogP contribution in [-0.2, 0) is 9.53 Å². The smallest absolute Gasteiger partial charge is 0.237 e. The number of morpholine rings is 1. The Bertz CT molecular complexity index is 641. The van der Waals surface area contributed by atoms with Crippen LogP contribution in [0.15, 0.2) is 24.3 Å². The number of methoxy groups -OCH3 is 1. The Morgan fingerprint density at radius 2 is 1.81 bits per heavy atom. The Balaban J connectivity index is 1.47. The summed E-state index contributed by atoms with van der Waals surface area (Å²) >= 11 is 0. The minimum absolute atomic E-state index is 0.0898. The Morgan fingerprint density at radius 1 is 1.15 bits per heavy atom. The summed E-state index contributed by atoms with van der Waals surface area (Å²) in [6.45, 7) is 5.15. The van der Waals surface area contributed by atoms with Crippen LogP contribution in [0, 0.1) is 11.8 Å². The molecule has 3 aliphatic rings. The number of amides is 1. The van der Waals surface area contributed by atoms with Gasteiger partial charge in [-0.05, 0) is 49.3 Å². The molecule has 1 aliphatic heterocycles. The van der Waals surface area contributed by atoms with Crippen LogP contribution in [0.25, 0.3) is 0 Å². The molecule has 1 heterocycles. The van der Waals surface area contributed by atoms with Crippen molar-refractivity contribution in [3.8, 4) is 5.75 Å². The summed E-state index contributed by atoms with van der Waals surface area (Å²) in [5, 5.41) is 3.44. The first-order valence-electron chi connectivity index (χ1n) is 10.4. The number of ether oxygens (including phenoxy) is 2. The van der Waals surface area contributed by atoms with Crippen molar-refractivity contribution in [1.29, 1.82) is 0 Å². The maximum absolute atomic E-state index is 13.0. The van der Waals surface area contributed by atoms with Gasteiger partial charge in [-0.15, -0.1) is 0 Å². The quantitative estimate of drug-likeness (QED) is 0.864. The molecular weight excluding hydrogens is 340 g/mol. The molecule has 2 aliphatic carbocycles. The highest BCUT2D eigenvalue weighted by atomic mass is 16.5. The van der Waals surface area contributed by atoms with Gasteiger partial charge in [-0.1, -0.05) is 25.0 Å². The average molecular weight is 373 g/mol. The summed E-state index contributed by atoms with van der Waals surface area (Å²) in [4.78, 5) is 15.2. The molecule has 1 aromatic rings. The van der Waals surface area contributed by atoms with E-state index in [-0.39, 0.29) is 18.0 Å². The lowest BCUT2D eigenvalue weighted by molar-refractivity contribution is -0.131. The number of carbonyl (C=O) groups excluding carboxylic acids is 1. The minimum atomic E-state index is -0.0898. The van der Waals surface area contributed by atoms with Gasteiger partial charge in [-0.2, -0.15) is 0 Å². The maximum Gasteiger partial charge on any atom is 0.237 e. The van der Waals surface area contributed by atoms with E-state index in [2.05, 4.69) is 22.3 Å². The van der Waals surface area contributed by atoms with Crippen LogP contribution in [-0.4, -0.2) is 56.3 Å². The van der Waals surface area contributed by atoms with Crippen LogP contribution in [0.3, 0.4) is 0 Å². The molecule has 5 nitrogen and oxygen atoms in total. The number of rotatable bonds is 5. The topological polar surface area (TPSA) is 50.8 Å². The molecule has 0 radical (unpaired) electrons. The zero-order valence-corrected chi connectivity index (χ0v) is 16.5. The molecule has 0 aromatic heterocycles. The van der Waals surface area contributed by atoms with Gasteiger partial charge in [0.05, 0.1) is 26.4 Å². The van der Waals surface area contributed by atoms with Gasteiger partial charge in [0.25, 0.3) is 0 Å². The molecule has 27 heavy (non-hydrogen) atoms. The van der Waals surface area contributed by atoms with Crippen molar-refractivity contribution < 1.29 is 14.3 Å². The molecule has 5 heteroatoms. The van der Waals surface area contributed by atoms with E-state index in [4.69, 9.17) is 9.47 Å². The lowest BCUT2D eigenvalue weighted by atomic mass is 9.53. The number of nitrogens with zero attached hydrogens (tertiary/aromatic N) is 1. The van der Waals surface area contributed by atoms with Gasteiger partial charge in [-0.25, -0.2) is 0 Å². The summed E-state index contributed by atoms with van der Waals surface area (Å²) in [6, 6.07) is 8.62. The van der Waals surface area contributed by atoms with Crippen LogP contribution in [0.2, 0.25) is 0 Å². The molecule has 1 saturated heterocycles. The van der Waals surface area contributed by atoms with Crippen LogP contribution in [0.4, 0.5) is 0 Å². The molecule has 4 rings (SSSR count). The van der Waals surface area contributed by atoms with Crippen molar-refractivity contribution in [2.45, 2.75) is 50.6 Å². The van der Waals surface area contributed by atoms with E-state index in [1.807, 2.05) is 19.1 Å². The molecule has 0 bridgehead atoms. The minimum Gasteiger partial charge on any atom is -0.497 e. The average Bonchev–Trinajstić information content (AvgIpc) is 2.72. The summed E-state index contributed by atoms with van der Waals surface area (Å²) in [7, 11) is 1.70. The van der Waals surface area contributed by atoms with Crippen LogP contribution < -0.4 is 10.1 Å². The van der Waals surface area contributed by atoms with Crippen molar-refractivity contribution in [3.63, 3.8) is 0 Å². The van der Waals surface area contributed by atoms with Crippen molar-refractivity contribution in [1.82, 2.24) is 10.2 Å². The zero-order valence-electron chi connectivity index (χ0n) is 16.5. The largest absolute Gasteiger partial charge is 0.497 e. The number of benzene rings is 1. The summed E-state index contributed by atoms with van der Waals surface area (Å²) in [5.74, 6) is 2.83. The SMILES string of the molecule is COc1ccc([C@H]2[C@@H]3CCCC[C@@H]3[C@@H]2NC(=O)[C@H](C)N2CCOCC2)cc1. The van der Waals surface area contributed by atoms with Gasteiger partial charge in [0.2, 0.25) is 5.91 Å². The van der Waals surface area contributed by atoms with Crippen LogP contribution in [0.1, 0.15) is 44.1 Å². The Kier molecular flexibility index (Phi) is 5.69. The van der Waals surface area contributed by atoms with Crippen molar-refractivity contribution in [2.24, 2.45) is 11.8 Å². The van der Waals surface area contributed by atoms with Gasteiger partial charge in [0.1, 0.15) is 5.75 Å². The zero-order chi connectivity index (χ0) is 18.8. The van der Waals surface area contributed by atoms with E-state index in [9.17, 15) is 4.79 Å². The van der Waals surface area contributed by atoms with Crippen LogP contribution >= 0.6 is 0 Å². The lowest BCUT2D eigenvalue weighted by Crippen LogP contribution is -2.62. The van der Waals surface area contributed by atoms with Gasteiger partial charge >= 0.3 is 0 Å². The van der Waals surface area contributed by atoms with Gasteiger partial charge in [0, 0.05) is 25.0 Å². The lowest BCUT2D eigenvalue weighted by Gasteiger charge is -2.55. The Morgan fingerprint density at radius 3 is 2.48 bits per heavy atom. The first-order valence-corrected chi connectivity index (χ1v) is 10.4. The molecule has 0 spiro atoms. The molecule has 5 atom stereocenters. The molecule has 3 fully saturated rings. The molecular formula is C22H32N2O3.